The first kappa shape index (κ1) is 34.1. The van der Waals surface area contributed by atoms with E-state index in [1.54, 1.807) is 31.7 Å². The Morgan fingerprint density at radius 3 is 2.40 bits per heavy atom. The molecule has 0 spiro atoms. The second-order valence-electron chi connectivity index (χ2n) is 13.1. The van der Waals surface area contributed by atoms with Gasteiger partial charge in [0.05, 0.1) is 30.1 Å². The third-order valence-electron chi connectivity index (χ3n) is 6.98. The van der Waals surface area contributed by atoms with E-state index in [0.717, 1.165) is 17.1 Å². The number of carbonyl (C=O) groups is 3. The summed E-state index contributed by atoms with van der Waals surface area (Å²) in [6.07, 6.45) is 1.81. The van der Waals surface area contributed by atoms with E-state index in [4.69, 9.17) is 4.74 Å². The van der Waals surface area contributed by atoms with E-state index in [0.29, 0.717) is 24.9 Å². The first-order chi connectivity index (χ1) is 19.8. The van der Waals surface area contributed by atoms with Crippen LogP contribution in [-0.4, -0.2) is 83.9 Å². The molecule has 0 saturated carbocycles. The summed E-state index contributed by atoms with van der Waals surface area (Å²) in [4.78, 5) is 45.4. The third kappa shape index (κ3) is 10.1. The molecule has 1 fully saturated rings. The predicted octanol–water partition coefficient (Wildman–Crippen LogP) is 2.94. The zero-order valence-corrected chi connectivity index (χ0v) is 26.8. The molecule has 4 unspecified atom stereocenters. The highest BCUT2D eigenvalue weighted by atomic mass is 32.2. The molecule has 11 nitrogen and oxygen atoms in total. The number of nitrogens with one attached hydrogen (secondary N) is 2. The molecular weight excluding hydrogens is 572 g/mol. The van der Waals surface area contributed by atoms with Crippen LogP contribution in [0.4, 0.5) is 0 Å². The fourth-order valence-electron chi connectivity index (χ4n) is 4.97. The maximum atomic E-state index is 13.5. The van der Waals surface area contributed by atoms with E-state index in [1.165, 1.54) is 6.08 Å². The average Bonchev–Trinajstić information content (AvgIpc) is 3.37. The third-order valence-corrected chi connectivity index (χ3v) is 7.63. The minimum atomic E-state index is -3.52. The summed E-state index contributed by atoms with van der Waals surface area (Å²) in [6, 6.07) is 8.39. The van der Waals surface area contributed by atoms with Crippen molar-refractivity contribution in [2.45, 2.75) is 90.8 Å². The Morgan fingerprint density at radius 2 is 1.77 bits per heavy atom. The van der Waals surface area contributed by atoms with Crippen LogP contribution in [0, 0.1) is 5.41 Å². The number of benzene rings is 1. The smallest absolute Gasteiger partial charge is 0.308 e. The predicted molar refractivity (Wildman–Crippen MR) is 165 cm³/mol. The zero-order chi connectivity index (χ0) is 32.2. The lowest BCUT2D eigenvalue weighted by Crippen LogP contribution is -2.60. The van der Waals surface area contributed by atoms with E-state index in [9.17, 15) is 27.9 Å². The summed E-state index contributed by atoms with van der Waals surface area (Å²) in [5, 5.41) is 19.1. The molecule has 1 aromatic heterocycles. The molecule has 2 heterocycles. The van der Waals surface area contributed by atoms with Crippen molar-refractivity contribution in [1.29, 1.82) is 0 Å². The van der Waals surface area contributed by atoms with Gasteiger partial charge in [0.2, 0.25) is 5.91 Å². The normalized spacial score (nSPS) is 18.7. The number of esters is 1. The van der Waals surface area contributed by atoms with E-state index in [-0.39, 0.29) is 12.1 Å². The molecule has 0 radical (unpaired) electrons. The highest BCUT2D eigenvalue weighted by Gasteiger charge is 2.43. The molecule has 1 aromatic carbocycles. The maximum Gasteiger partial charge on any atom is 0.308 e. The number of fused-ring (bicyclic) bond motifs is 1. The summed E-state index contributed by atoms with van der Waals surface area (Å²) in [6.45, 7) is 11.2. The van der Waals surface area contributed by atoms with Crippen LogP contribution < -0.4 is 10.6 Å². The second kappa shape index (κ2) is 13.5. The van der Waals surface area contributed by atoms with Gasteiger partial charge in [-0.1, -0.05) is 51.1 Å². The van der Waals surface area contributed by atoms with Crippen molar-refractivity contribution >= 4 is 38.5 Å². The highest BCUT2D eigenvalue weighted by Crippen LogP contribution is 2.29. The SMILES string of the molecule is CC(C)(C)OC(=O)CC(C=CS(C)(=O)=O)NC(=O)C1CCCN1C(O)C(NC(=O)c1ccc2ccccc2n1)C(C)(C)C. The van der Waals surface area contributed by atoms with Crippen LogP contribution in [0.1, 0.15) is 71.3 Å². The monoisotopic (exact) mass is 616 g/mol. The summed E-state index contributed by atoms with van der Waals surface area (Å²) >= 11 is 0. The molecule has 1 saturated heterocycles. The van der Waals surface area contributed by atoms with Gasteiger partial charge in [-0.25, -0.2) is 13.4 Å². The second-order valence-corrected chi connectivity index (χ2v) is 15.0. The number of carbonyl (C=O) groups excluding carboxylic acids is 3. The van der Waals surface area contributed by atoms with Crippen LogP contribution in [0.5, 0.6) is 0 Å². The van der Waals surface area contributed by atoms with Crippen molar-refractivity contribution < 1.29 is 32.6 Å². The van der Waals surface area contributed by atoms with Gasteiger partial charge in [0, 0.05) is 23.6 Å². The zero-order valence-electron chi connectivity index (χ0n) is 26.0. The molecule has 4 atom stereocenters. The minimum absolute atomic E-state index is 0.207. The summed E-state index contributed by atoms with van der Waals surface area (Å²) in [5.74, 6) is -1.52. The summed E-state index contributed by atoms with van der Waals surface area (Å²) in [7, 11) is -3.52. The van der Waals surface area contributed by atoms with Crippen LogP contribution in [0.3, 0.4) is 0 Å². The Morgan fingerprint density at radius 1 is 1.09 bits per heavy atom. The Bertz CT molecular complexity index is 1460. The topological polar surface area (TPSA) is 155 Å². The van der Waals surface area contributed by atoms with Gasteiger partial charge in [-0.15, -0.1) is 0 Å². The molecule has 2 aromatic rings. The van der Waals surface area contributed by atoms with Crippen molar-refractivity contribution in [3.05, 3.63) is 53.6 Å². The number of aliphatic hydroxyl groups excluding tert-OH is 1. The number of likely N-dealkylation sites (tertiary alicyclic amines) is 1. The largest absolute Gasteiger partial charge is 0.460 e. The van der Waals surface area contributed by atoms with Crippen molar-refractivity contribution in [1.82, 2.24) is 20.5 Å². The molecule has 0 aliphatic carbocycles. The summed E-state index contributed by atoms with van der Waals surface area (Å²) in [5.41, 5.74) is -0.482. The number of aliphatic hydroxyl groups is 1. The van der Waals surface area contributed by atoms with Gasteiger partial charge >= 0.3 is 5.97 Å². The van der Waals surface area contributed by atoms with Gasteiger partial charge in [-0.3, -0.25) is 19.3 Å². The number of nitrogens with zero attached hydrogens (tertiary/aromatic N) is 2. The number of rotatable bonds is 10. The van der Waals surface area contributed by atoms with Crippen molar-refractivity contribution in [2.75, 3.05) is 12.8 Å². The van der Waals surface area contributed by atoms with Crippen molar-refractivity contribution in [2.24, 2.45) is 5.41 Å². The van der Waals surface area contributed by atoms with Gasteiger partial charge in [0.1, 0.15) is 17.5 Å². The number of hydrogen-bond donors (Lipinski definition) is 3. The average molecular weight is 617 g/mol. The number of aromatic nitrogens is 1. The maximum absolute atomic E-state index is 13.5. The Kier molecular flexibility index (Phi) is 10.7. The fraction of sp³-hybridized carbons (Fsp3) is 0.548. The van der Waals surface area contributed by atoms with Crippen LogP contribution >= 0.6 is 0 Å². The minimum Gasteiger partial charge on any atom is -0.460 e. The standard InChI is InChI=1S/C31H44N4O7S/c1-30(2,3)26(34-27(37)23-15-14-20-11-8-9-12-22(20)33-23)29(39)35-17-10-13-24(35)28(38)32-21(16-18-43(7,40)41)19-25(36)42-31(4,5)6/h8-9,11-12,14-16,18,21,24,26,29,39H,10,13,17,19H2,1-7H3,(H,32,38)(H,34,37). The Hall–Kier alpha value is -3.35. The van der Waals surface area contributed by atoms with Gasteiger partial charge < -0.3 is 20.5 Å². The van der Waals surface area contributed by atoms with E-state index < -0.39 is 63.0 Å². The lowest BCUT2D eigenvalue weighted by molar-refractivity contribution is -0.155. The van der Waals surface area contributed by atoms with E-state index in [1.807, 2.05) is 51.1 Å². The lowest BCUT2D eigenvalue weighted by Gasteiger charge is -2.40. The molecule has 43 heavy (non-hydrogen) atoms. The number of para-hydroxylation sites is 1. The van der Waals surface area contributed by atoms with Crippen LogP contribution in [-0.2, 0) is 24.2 Å². The Labute approximate surface area is 254 Å². The highest BCUT2D eigenvalue weighted by molar-refractivity contribution is 7.93. The van der Waals surface area contributed by atoms with Crippen molar-refractivity contribution in [3.63, 3.8) is 0 Å². The number of hydrogen-bond acceptors (Lipinski definition) is 9. The van der Waals surface area contributed by atoms with Crippen LogP contribution in [0.15, 0.2) is 47.9 Å². The van der Waals surface area contributed by atoms with Gasteiger partial charge in [-0.05, 0) is 51.2 Å². The molecule has 3 rings (SSSR count). The first-order valence-corrected chi connectivity index (χ1v) is 16.3. The number of sulfone groups is 1. The molecular formula is C31H44N4O7S. The first-order valence-electron chi connectivity index (χ1n) is 14.3. The van der Waals surface area contributed by atoms with Crippen LogP contribution in [0.2, 0.25) is 0 Å². The molecule has 3 N–H and O–H groups in total. The number of ether oxygens (including phenoxy) is 1. The molecule has 0 bridgehead atoms. The lowest BCUT2D eigenvalue weighted by atomic mass is 9.84. The number of amides is 2. The molecule has 1 aliphatic rings. The van der Waals surface area contributed by atoms with Crippen molar-refractivity contribution in [3.8, 4) is 0 Å². The number of pyridine rings is 1. The quantitative estimate of drug-likeness (QED) is 0.342. The Balaban J connectivity index is 1.79. The van der Waals surface area contributed by atoms with Gasteiger partial charge in [-0.2, -0.15) is 0 Å². The van der Waals surface area contributed by atoms with Gasteiger partial charge in [0.15, 0.2) is 9.84 Å². The van der Waals surface area contributed by atoms with Crippen LogP contribution in [0.25, 0.3) is 10.9 Å². The van der Waals surface area contributed by atoms with E-state index in [2.05, 4.69) is 15.6 Å². The van der Waals surface area contributed by atoms with Gasteiger partial charge in [0.25, 0.3) is 5.91 Å². The molecule has 236 valence electrons. The summed E-state index contributed by atoms with van der Waals surface area (Å²) < 4.78 is 28.9. The molecule has 1 aliphatic heterocycles. The van der Waals surface area contributed by atoms with E-state index >= 15 is 0 Å². The fourth-order valence-corrected chi connectivity index (χ4v) is 5.45. The molecule has 12 heteroatoms. The molecule has 2 amide bonds.